The van der Waals surface area contributed by atoms with Crippen molar-refractivity contribution >= 4 is 40.7 Å². The molecule has 5 nitrogen and oxygen atoms in total. The first kappa shape index (κ1) is 17.1. The lowest BCUT2D eigenvalue weighted by Crippen LogP contribution is -2.48. The van der Waals surface area contributed by atoms with E-state index in [9.17, 15) is 9.59 Å². The van der Waals surface area contributed by atoms with Gasteiger partial charge < -0.3 is 10.2 Å². The fraction of sp³-hybridized carbons (Fsp3) is 0.467. The molecule has 1 aliphatic rings. The SMILES string of the molecule is CC(=O)N1CCN(CCC(=O)Nc2ccc(Cl)cc2Cl)CC1. The molecule has 2 amide bonds. The Morgan fingerprint density at radius 3 is 2.45 bits per heavy atom. The third-order valence-electron chi connectivity index (χ3n) is 3.68. The van der Waals surface area contributed by atoms with Gasteiger partial charge in [0.2, 0.25) is 11.8 Å². The summed E-state index contributed by atoms with van der Waals surface area (Å²) in [6, 6.07) is 4.97. The first-order valence-corrected chi connectivity index (χ1v) is 7.94. The number of rotatable bonds is 4. The van der Waals surface area contributed by atoms with Gasteiger partial charge in [0.25, 0.3) is 0 Å². The smallest absolute Gasteiger partial charge is 0.225 e. The molecule has 1 aliphatic heterocycles. The molecular weight excluding hydrogens is 325 g/mol. The van der Waals surface area contributed by atoms with Crippen LogP contribution < -0.4 is 5.32 Å². The normalized spacial score (nSPS) is 15.7. The Labute approximate surface area is 140 Å². The molecule has 0 saturated carbocycles. The van der Waals surface area contributed by atoms with Gasteiger partial charge in [-0.1, -0.05) is 23.2 Å². The van der Waals surface area contributed by atoms with E-state index in [0.29, 0.717) is 28.7 Å². The van der Waals surface area contributed by atoms with Crippen molar-refractivity contribution in [2.45, 2.75) is 13.3 Å². The summed E-state index contributed by atoms with van der Waals surface area (Å²) in [6.45, 7) is 5.30. The predicted molar refractivity (Wildman–Crippen MR) is 88.4 cm³/mol. The van der Waals surface area contributed by atoms with Gasteiger partial charge in [-0.25, -0.2) is 0 Å². The highest BCUT2D eigenvalue weighted by atomic mass is 35.5. The molecule has 1 fully saturated rings. The quantitative estimate of drug-likeness (QED) is 0.913. The van der Waals surface area contributed by atoms with Crippen LogP contribution in [0.5, 0.6) is 0 Å². The summed E-state index contributed by atoms with van der Waals surface area (Å²) >= 11 is 11.8. The van der Waals surface area contributed by atoms with Crippen LogP contribution >= 0.6 is 23.2 Å². The lowest BCUT2D eigenvalue weighted by molar-refractivity contribution is -0.130. The zero-order chi connectivity index (χ0) is 16.1. The fourth-order valence-electron chi connectivity index (χ4n) is 2.35. The van der Waals surface area contributed by atoms with E-state index in [-0.39, 0.29) is 11.8 Å². The molecule has 0 unspecified atom stereocenters. The van der Waals surface area contributed by atoms with Crippen LogP contribution in [-0.2, 0) is 9.59 Å². The standard InChI is InChI=1S/C15H19Cl2N3O2/c1-11(21)20-8-6-19(7-9-20)5-4-15(22)18-14-3-2-12(16)10-13(14)17/h2-3,10H,4-9H2,1H3,(H,18,22). The highest BCUT2D eigenvalue weighted by Crippen LogP contribution is 2.25. The van der Waals surface area contributed by atoms with Gasteiger partial charge in [-0.3, -0.25) is 14.5 Å². The number of hydrogen-bond donors (Lipinski definition) is 1. The molecular formula is C15H19Cl2N3O2. The van der Waals surface area contributed by atoms with E-state index >= 15 is 0 Å². The Balaban J connectivity index is 1.75. The minimum atomic E-state index is -0.0850. The number of nitrogens with one attached hydrogen (secondary N) is 1. The number of carbonyl (C=O) groups excluding carboxylic acids is 2. The second kappa shape index (κ2) is 7.81. The van der Waals surface area contributed by atoms with Crippen LogP contribution in [0.15, 0.2) is 18.2 Å². The maximum Gasteiger partial charge on any atom is 0.225 e. The average Bonchev–Trinajstić information content (AvgIpc) is 2.48. The van der Waals surface area contributed by atoms with E-state index in [4.69, 9.17) is 23.2 Å². The summed E-state index contributed by atoms with van der Waals surface area (Å²) in [6.07, 6.45) is 0.388. The average molecular weight is 344 g/mol. The van der Waals surface area contributed by atoms with E-state index in [1.165, 1.54) is 0 Å². The molecule has 1 saturated heterocycles. The lowest BCUT2D eigenvalue weighted by atomic mass is 10.2. The summed E-state index contributed by atoms with van der Waals surface area (Å²) < 4.78 is 0. The number of nitrogens with zero attached hydrogens (tertiary/aromatic N) is 2. The summed E-state index contributed by atoms with van der Waals surface area (Å²) in [5.41, 5.74) is 0.567. The van der Waals surface area contributed by atoms with Gasteiger partial charge >= 0.3 is 0 Å². The third kappa shape index (κ3) is 4.87. The third-order valence-corrected chi connectivity index (χ3v) is 4.23. The monoisotopic (exact) mass is 343 g/mol. The van der Waals surface area contributed by atoms with Gasteiger partial charge in [-0.05, 0) is 18.2 Å². The summed E-state index contributed by atoms with van der Waals surface area (Å²) in [5.74, 6) is 0.0213. The zero-order valence-electron chi connectivity index (χ0n) is 12.4. The molecule has 0 aromatic heterocycles. The lowest BCUT2D eigenvalue weighted by Gasteiger charge is -2.34. The number of anilines is 1. The molecule has 1 aromatic rings. The number of piperazine rings is 1. The fourth-order valence-corrected chi connectivity index (χ4v) is 2.81. The molecule has 0 aliphatic carbocycles. The summed E-state index contributed by atoms with van der Waals surface area (Å²) in [7, 11) is 0. The molecule has 0 bridgehead atoms. The molecule has 1 aromatic carbocycles. The van der Waals surface area contributed by atoms with E-state index in [2.05, 4.69) is 10.2 Å². The Kier molecular flexibility index (Phi) is 6.06. The van der Waals surface area contributed by atoms with Crippen molar-refractivity contribution in [1.29, 1.82) is 0 Å². The van der Waals surface area contributed by atoms with E-state index < -0.39 is 0 Å². The van der Waals surface area contributed by atoms with E-state index in [0.717, 1.165) is 26.2 Å². The molecule has 0 atom stereocenters. The van der Waals surface area contributed by atoms with E-state index in [1.807, 2.05) is 4.90 Å². The number of benzene rings is 1. The molecule has 0 spiro atoms. The van der Waals surface area contributed by atoms with Crippen LogP contribution in [0.1, 0.15) is 13.3 Å². The van der Waals surface area contributed by atoms with Crippen molar-refractivity contribution in [1.82, 2.24) is 9.80 Å². The van der Waals surface area contributed by atoms with Gasteiger partial charge in [0.05, 0.1) is 10.7 Å². The van der Waals surface area contributed by atoms with Gasteiger partial charge in [0.15, 0.2) is 0 Å². The van der Waals surface area contributed by atoms with Gasteiger partial charge in [0.1, 0.15) is 0 Å². The van der Waals surface area contributed by atoms with Crippen LogP contribution in [0, 0.1) is 0 Å². The molecule has 0 radical (unpaired) electrons. The van der Waals surface area contributed by atoms with Crippen molar-refractivity contribution < 1.29 is 9.59 Å². The molecule has 7 heteroatoms. The van der Waals surface area contributed by atoms with Crippen molar-refractivity contribution in [2.24, 2.45) is 0 Å². The first-order chi connectivity index (χ1) is 10.5. The second-order valence-corrected chi connectivity index (χ2v) is 6.11. The second-order valence-electron chi connectivity index (χ2n) is 5.27. The van der Waals surface area contributed by atoms with E-state index in [1.54, 1.807) is 25.1 Å². The minimum absolute atomic E-state index is 0.0850. The molecule has 1 N–H and O–H groups in total. The molecule has 120 valence electrons. The molecule has 2 rings (SSSR count). The highest BCUT2D eigenvalue weighted by molar-refractivity contribution is 6.36. The van der Waals surface area contributed by atoms with Crippen molar-refractivity contribution in [2.75, 3.05) is 38.0 Å². The number of halogens is 2. The first-order valence-electron chi connectivity index (χ1n) is 7.18. The maximum absolute atomic E-state index is 12.0. The number of hydrogen-bond acceptors (Lipinski definition) is 3. The Bertz CT molecular complexity index is 558. The van der Waals surface area contributed by atoms with Crippen LogP contribution in [0.25, 0.3) is 0 Å². The van der Waals surface area contributed by atoms with Crippen LogP contribution in [0.2, 0.25) is 10.0 Å². The number of amides is 2. The summed E-state index contributed by atoms with van der Waals surface area (Å²) in [4.78, 5) is 27.2. The Hall–Kier alpha value is -1.30. The van der Waals surface area contributed by atoms with Crippen molar-refractivity contribution in [3.05, 3.63) is 28.2 Å². The van der Waals surface area contributed by atoms with Gasteiger partial charge in [0, 0.05) is 51.1 Å². The van der Waals surface area contributed by atoms with Crippen LogP contribution in [-0.4, -0.2) is 54.3 Å². The topological polar surface area (TPSA) is 52.7 Å². The Morgan fingerprint density at radius 1 is 1.18 bits per heavy atom. The number of carbonyl (C=O) groups is 2. The Morgan fingerprint density at radius 2 is 1.86 bits per heavy atom. The van der Waals surface area contributed by atoms with Gasteiger partial charge in [-0.15, -0.1) is 0 Å². The van der Waals surface area contributed by atoms with Crippen molar-refractivity contribution in [3.63, 3.8) is 0 Å². The van der Waals surface area contributed by atoms with Crippen LogP contribution in [0.4, 0.5) is 5.69 Å². The molecule has 1 heterocycles. The predicted octanol–water partition coefficient (Wildman–Crippen LogP) is 2.49. The van der Waals surface area contributed by atoms with Crippen LogP contribution in [0.3, 0.4) is 0 Å². The minimum Gasteiger partial charge on any atom is -0.340 e. The largest absolute Gasteiger partial charge is 0.340 e. The zero-order valence-corrected chi connectivity index (χ0v) is 14.0. The maximum atomic E-state index is 12.0. The van der Waals surface area contributed by atoms with Gasteiger partial charge in [-0.2, -0.15) is 0 Å². The molecule has 22 heavy (non-hydrogen) atoms. The summed E-state index contributed by atoms with van der Waals surface area (Å²) in [5, 5.41) is 3.74. The van der Waals surface area contributed by atoms with Crippen molar-refractivity contribution in [3.8, 4) is 0 Å². The highest BCUT2D eigenvalue weighted by Gasteiger charge is 2.19.